The molecule has 0 fully saturated rings. The standard InChI is InChI=1S/C12H16N3O2.HI/c1-3-4-8-16-12-11(13-17-14-12)10-6-5-7-15(2)9-10;/h5-7,9H,3-4,8H2,1-2H3;1H/q+1;/p-1. The summed E-state index contributed by atoms with van der Waals surface area (Å²) in [5.41, 5.74) is 1.58. The van der Waals surface area contributed by atoms with Crippen LogP contribution in [0.4, 0.5) is 0 Å². The van der Waals surface area contributed by atoms with E-state index >= 15 is 0 Å². The van der Waals surface area contributed by atoms with Crippen molar-refractivity contribution >= 4 is 0 Å². The lowest BCUT2D eigenvalue weighted by molar-refractivity contribution is -0.671. The van der Waals surface area contributed by atoms with Crippen LogP contribution in [0.15, 0.2) is 29.2 Å². The van der Waals surface area contributed by atoms with Crippen LogP contribution in [-0.4, -0.2) is 16.9 Å². The molecule has 2 rings (SSSR count). The largest absolute Gasteiger partial charge is 1.00 e. The van der Waals surface area contributed by atoms with Crippen LogP contribution in [0.2, 0.25) is 0 Å². The quantitative estimate of drug-likeness (QED) is 0.379. The van der Waals surface area contributed by atoms with Gasteiger partial charge in [0, 0.05) is 6.07 Å². The third kappa shape index (κ3) is 3.66. The summed E-state index contributed by atoms with van der Waals surface area (Å²) in [5.74, 6) is 0.463. The fraction of sp³-hybridized carbons (Fsp3) is 0.417. The van der Waals surface area contributed by atoms with Gasteiger partial charge in [-0.05, 0) is 22.8 Å². The SMILES string of the molecule is CCCCOc1nonc1-c1ccc[n+](C)c1.[I-]. The van der Waals surface area contributed by atoms with Gasteiger partial charge in [-0.1, -0.05) is 13.3 Å². The van der Waals surface area contributed by atoms with Crippen molar-refractivity contribution in [1.29, 1.82) is 0 Å². The zero-order valence-electron chi connectivity index (χ0n) is 10.5. The third-order valence-corrected chi connectivity index (χ3v) is 2.41. The van der Waals surface area contributed by atoms with Crippen molar-refractivity contribution in [1.82, 2.24) is 10.3 Å². The van der Waals surface area contributed by atoms with Crippen LogP contribution < -0.4 is 33.3 Å². The average molecular weight is 361 g/mol. The summed E-state index contributed by atoms with van der Waals surface area (Å²) in [6, 6.07) is 3.89. The lowest BCUT2D eigenvalue weighted by Crippen LogP contribution is -3.00. The van der Waals surface area contributed by atoms with E-state index in [0.29, 0.717) is 18.2 Å². The molecule has 6 heteroatoms. The molecule has 0 aromatic carbocycles. The van der Waals surface area contributed by atoms with Gasteiger partial charge >= 0.3 is 0 Å². The van der Waals surface area contributed by atoms with E-state index in [0.717, 1.165) is 18.4 Å². The van der Waals surface area contributed by atoms with Crippen LogP contribution in [0.1, 0.15) is 19.8 Å². The minimum absolute atomic E-state index is 0. The molecule has 0 saturated carbocycles. The van der Waals surface area contributed by atoms with Crippen molar-refractivity contribution in [2.45, 2.75) is 19.8 Å². The zero-order chi connectivity index (χ0) is 12.1. The highest BCUT2D eigenvalue weighted by Gasteiger charge is 2.15. The van der Waals surface area contributed by atoms with Gasteiger partial charge in [-0.2, -0.15) is 0 Å². The van der Waals surface area contributed by atoms with Crippen molar-refractivity contribution in [2.24, 2.45) is 7.05 Å². The number of aromatic nitrogens is 3. The van der Waals surface area contributed by atoms with Gasteiger partial charge in [-0.15, -0.1) is 0 Å². The topological polar surface area (TPSA) is 52.0 Å². The highest BCUT2D eigenvalue weighted by Crippen LogP contribution is 2.24. The Labute approximate surface area is 123 Å². The first-order chi connectivity index (χ1) is 8.31. The minimum Gasteiger partial charge on any atom is -1.00 e. The summed E-state index contributed by atoms with van der Waals surface area (Å²) in [6.07, 6.45) is 5.98. The van der Waals surface area contributed by atoms with Crippen LogP contribution in [0, 0.1) is 0 Å². The maximum Gasteiger partial charge on any atom is 0.284 e. The Hall–Kier alpha value is -1.18. The van der Waals surface area contributed by atoms with Gasteiger partial charge in [0.2, 0.25) is 0 Å². The molecule has 0 spiro atoms. The summed E-state index contributed by atoms with van der Waals surface area (Å²) in [6.45, 7) is 2.75. The van der Waals surface area contributed by atoms with Crippen LogP contribution in [0.3, 0.4) is 0 Å². The molecule has 0 atom stereocenters. The molecule has 0 N–H and O–H groups in total. The summed E-state index contributed by atoms with van der Waals surface area (Å²) < 4.78 is 12.2. The molecule has 0 aliphatic heterocycles. The molecule has 0 amide bonds. The van der Waals surface area contributed by atoms with E-state index in [-0.39, 0.29) is 24.0 Å². The number of unbranched alkanes of at least 4 members (excludes halogenated alkanes) is 1. The van der Waals surface area contributed by atoms with Gasteiger partial charge in [0.1, 0.15) is 7.05 Å². The minimum atomic E-state index is 0. The molecular formula is C12H16IN3O2. The van der Waals surface area contributed by atoms with Crippen molar-refractivity contribution in [3.8, 4) is 17.1 Å². The first-order valence-corrected chi connectivity index (χ1v) is 5.72. The van der Waals surface area contributed by atoms with E-state index in [9.17, 15) is 0 Å². The zero-order valence-corrected chi connectivity index (χ0v) is 12.6. The molecule has 0 aliphatic rings. The van der Waals surface area contributed by atoms with Gasteiger partial charge in [0.25, 0.3) is 5.88 Å². The molecule has 0 radical (unpaired) electrons. The summed E-state index contributed by atoms with van der Waals surface area (Å²) in [7, 11) is 1.95. The van der Waals surface area contributed by atoms with Crippen molar-refractivity contribution in [3.63, 3.8) is 0 Å². The number of ether oxygens (including phenoxy) is 1. The molecule has 2 heterocycles. The molecular weight excluding hydrogens is 345 g/mol. The number of halogens is 1. The Morgan fingerprint density at radius 3 is 2.94 bits per heavy atom. The fourth-order valence-electron chi connectivity index (χ4n) is 1.49. The monoisotopic (exact) mass is 361 g/mol. The van der Waals surface area contributed by atoms with Crippen molar-refractivity contribution in [2.75, 3.05) is 6.61 Å². The van der Waals surface area contributed by atoms with E-state index in [1.54, 1.807) is 0 Å². The Bertz CT molecular complexity index is 488. The molecule has 0 unspecified atom stereocenters. The normalized spacial score (nSPS) is 9.89. The Morgan fingerprint density at radius 1 is 1.39 bits per heavy atom. The molecule has 0 saturated heterocycles. The predicted molar refractivity (Wildman–Crippen MR) is 61.3 cm³/mol. The third-order valence-electron chi connectivity index (χ3n) is 2.41. The molecule has 0 bridgehead atoms. The average Bonchev–Trinajstić information content (AvgIpc) is 2.78. The van der Waals surface area contributed by atoms with E-state index in [2.05, 4.69) is 17.2 Å². The van der Waals surface area contributed by atoms with E-state index in [4.69, 9.17) is 9.37 Å². The van der Waals surface area contributed by atoms with Gasteiger partial charge in [-0.3, -0.25) is 0 Å². The van der Waals surface area contributed by atoms with Crippen LogP contribution >= 0.6 is 0 Å². The van der Waals surface area contributed by atoms with E-state index < -0.39 is 0 Å². The number of rotatable bonds is 5. The number of hydrogen-bond donors (Lipinski definition) is 0. The summed E-state index contributed by atoms with van der Waals surface area (Å²) in [4.78, 5) is 0. The second-order valence-corrected chi connectivity index (χ2v) is 3.88. The molecule has 2 aromatic heterocycles. The lowest BCUT2D eigenvalue weighted by Gasteiger charge is -2.01. The highest BCUT2D eigenvalue weighted by atomic mass is 127. The van der Waals surface area contributed by atoms with Crippen LogP contribution in [0.5, 0.6) is 5.88 Å². The highest BCUT2D eigenvalue weighted by molar-refractivity contribution is 5.61. The molecule has 18 heavy (non-hydrogen) atoms. The number of hydrogen-bond acceptors (Lipinski definition) is 4. The first-order valence-electron chi connectivity index (χ1n) is 5.72. The summed E-state index contributed by atoms with van der Waals surface area (Å²) >= 11 is 0. The van der Waals surface area contributed by atoms with Gasteiger partial charge in [0.05, 0.1) is 12.2 Å². The number of aryl methyl sites for hydroxylation is 1. The molecule has 98 valence electrons. The maximum absolute atomic E-state index is 5.54. The number of pyridine rings is 1. The first kappa shape index (κ1) is 14.9. The van der Waals surface area contributed by atoms with E-state index in [1.165, 1.54) is 0 Å². The van der Waals surface area contributed by atoms with Crippen LogP contribution in [0.25, 0.3) is 11.3 Å². The smallest absolute Gasteiger partial charge is 0.284 e. The van der Waals surface area contributed by atoms with E-state index in [1.807, 2.05) is 36.1 Å². The Morgan fingerprint density at radius 2 is 2.22 bits per heavy atom. The Kier molecular flexibility index (Phi) is 6.03. The van der Waals surface area contributed by atoms with Crippen molar-refractivity contribution < 1.29 is 37.9 Å². The van der Waals surface area contributed by atoms with Gasteiger partial charge in [0.15, 0.2) is 18.1 Å². The Balaban J connectivity index is 0.00000162. The lowest BCUT2D eigenvalue weighted by atomic mass is 10.2. The van der Waals surface area contributed by atoms with Gasteiger partial charge < -0.3 is 28.7 Å². The second-order valence-electron chi connectivity index (χ2n) is 3.88. The molecule has 5 nitrogen and oxygen atoms in total. The maximum atomic E-state index is 5.54. The second kappa shape index (κ2) is 7.30. The fourth-order valence-corrected chi connectivity index (χ4v) is 1.49. The van der Waals surface area contributed by atoms with Gasteiger partial charge in [-0.25, -0.2) is 9.20 Å². The van der Waals surface area contributed by atoms with Crippen LogP contribution in [-0.2, 0) is 7.05 Å². The van der Waals surface area contributed by atoms with Crippen molar-refractivity contribution in [3.05, 3.63) is 24.5 Å². The molecule has 0 aliphatic carbocycles. The summed E-state index contributed by atoms with van der Waals surface area (Å²) in [5, 5.41) is 7.66. The number of nitrogens with zero attached hydrogens (tertiary/aromatic N) is 3. The predicted octanol–water partition coefficient (Wildman–Crippen LogP) is -1.26. The molecule has 2 aromatic rings.